The van der Waals surface area contributed by atoms with Crippen molar-refractivity contribution in [2.24, 2.45) is 0 Å². The Morgan fingerprint density at radius 3 is 2.68 bits per heavy atom. The Bertz CT molecular complexity index is 956. The van der Waals surface area contributed by atoms with Crippen LogP contribution in [0.1, 0.15) is 24.8 Å². The molecule has 1 atom stereocenters. The second-order valence-corrected chi connectivity index (χ2v) is 8.09. The van der Waals surface area contributed by atoms with Gasteiger partial charge in [0.15, 0.2) is 6.10 Å². The number of likely N-dealkylation sites (tertiary alicyclic amines) is 1. The third-order valence-electron chi connectivity index (χ3n) is 5.77. The number of nitrogens with one attached hydrogen (secondary N) is 1. The van der Waals surface area contributed by atoms with E-state index in [2.05, 4.69) is 5.32 Å². The van der Waals surface area contributed by atoms with Gasteiger partial charge in [-0.1, -0.05) is 18.2 Å². The predicted octanol–water partition coefficient (Wildman–Crippen LogP) is 3.22. The maximum absolute atomic E-state index is 13.1. The molecule has 164 valence electrons. The number of fused-ring (bicyclic) bond motifs is 1. The summed E-state index contributed by atoms with van der Waals surface area (Å²) in [6.07, 6.45) is 2.60. The molecule has 0 radical (unpaired) electrons. The molecule has 0 aromatic heterocycles. The Morgan fingerprint density at radius 2 is 1.90 bits per heavy atom. The molecule has 2 aliphatic heterocycles. The number of nitrogens with zero attached hydrogens (tertiary/aromatic N) is 2. The Kier molecular flexibility index (Phi) is 6.30. The fourth-order valence-electron chi connectivity index (χ4n) is 4.19. The molecule has 2 aliphatic rings. The normalized spacial score (nSPS) is 18.1. The zero-order valence-corrected chi connectivity index (χ0v) is 18.1. The number of methoxy groups -OCH3 is 1. The van der Waals surface area contributed by atoms with Crippen molar-refractivity contribution in [2.75, 3.05) is 43.5 Å². The van der Waals surface area contributed by atoms with Crippen LogP contribution in [0.25, 0.3) is 0 Å². The van der Waals surface area contributed by atoms with E-state index in [0.29, 0.717) is 23.7 Å². The van der Waals surface area contributed by atoms with Crippen LogP contribution in [0.5, 0.6) is 11.5 Å². The van der Waals surface area contributed by atoms with E-state index >= 15 is 0 Å². The average molecular weight is 424 g/mol. The van der Waals surface area contributed by atoms with E-state index in [9.17, 15) is 9.59 Å². The Balaban J connectivity index is 1.50. The van der Waals surface area contributed by atoms with Gasteiger partial charge in [-0.3, -0.25) is 9.59 Å². The van der Waals surface area contributed by atoms with E-state index in [0.717, 1.165) is 43.6 Å². The van der Waals surface area contributed by atoms with E-state index in [1.54, 1.807) is 7.11 Å². The van der Waals surface area contributed by atoms with Crippen molar-refractivity contribution < 1.29 is 19.1 Å². The van der Waals surface area contributed by atoms with Crippen LogP contribution in [0.15, 0.2) is 42.5 Å². The van der Waals surface area contributed by atoms with Crippen molar-refractivity contribution in [2.45, 2.75) is 32.3 Å². The SMILES string of the molecule is COc1ccc(C)cc1NC(=O)CN1CC(C(=O)N2CCCCC2)Oc2ccccc21. The lowest BCUT2D eigenvalue weighted by Crippen LogP contribution is -2.52. The molecule has 2 aromatic carbocycles. The van der Waals surface area contributed by atoms with E-state index < -0.39 is 6.10 Å². The van der Waals surface area contributed by atoms with Gasteiger partial charge in [0.25, 0.3) is 5.91 Å². The first kappa shape index (κ1) is 21.0. The number of anilines is 2. The fourth-order valence-corrected chi connectivity index (χ4v) is 4.19. The van der Waals surface area contributed by atoms with Crippen LogP contribution in [0, 0.1) is 6.92 Å². The molecule has 7 nitrogen and oxygen atoms in total. The Labute approximate surface area is 182 Å². The summed E-state index contributed by atoms with van der Waals surface area (Å²) < 4.78 is 11.4. The standard InChI is InChI=1S/C24H29N3O4/c1-17-10-11-20(30-2)18(14-17)25-23(28)16-27-15-22(24(29)26-12-6-3-7-13-26)31-21-9-5-4-8-19(21)27/h4-5,8-11,14,22H,3,6-7,12-13,15-16H2,1-2H3,(H,25,28). The summed E-state index contributed by atoms with van der Waals surface area (Å²) in [6.45, 7) is 3.96. The second-order valence-electron chi connectivity index (χ2n) is 8.09. The third kappa shape index (κ3) is 4.76. The van der Waals surface area contributed by atoms with Gasteiger partial charge in [0.2, 0.25) is 5.91 Å². The van der Waals surface area contributed by atoms with Crippen LogP contribution in [-0.4, -0.2) is 56.1 Å². The van der Waals surface area contributed by atoms with Crippen LogP contribution in [0.2, 0.25) is 0 Å². The third-order valence-corrected chi connectivity index (χ3v) is 5.77. The number of hydrogen-bond acceptors (Lipinski definition) is 5. The quantitative estimate of drug-likeness (QED) is 0.800. The summed E-state index contributed by atoms with van der Waals surface area (Å²) >= 11 is 0. The highest BCUT2D eigenvalue weighted by atomic mass is 16.5. The fraction of sp³-hybridized carbons (Fsp3) is 0.417. The van der Waals surface area contributed by atoms with E-state index in [1.807, 2.05) is 59.2 Å². The van der Waals surface area contributed by atoms with Gasteiger partial charge in [0, 0.05) is 13.1 Å². The van der Waals surface area contributed by atoms with Crippen molar-refractivity contribution in [3.8, 4) is 11.5 Å². The number of para-hydroxylation sites is 2. The molecule has 2 heterocycles. The van der Waals surface area contributed by atoms with Crippen LogP contribution >= 0.6 is 0 Å². The number of ether oxygens (including phenoxy) is 2. The summed E-state index contributed by atoms with van der Waals surface area (Å²) in [6, 6.07) is 13.2. The van der Waals surface area contributed by atoms with Crippen molar-refractivity contribution in [1.82, 2.24) is 4.90 Å². The molecule has 1 unspecified atom stereocenters. The van der Waals surface area contributed by atoms with E-state index in [4.69, 9.17) is 9.47 Å². The van der Waals surface area contributed by atoms with Crippen molar-refractivity contribution in [3.05, 3.63) is 48.0 Å². The highest BCUT2D eigenvalue weighted by Gasteiger charge is 2.34. The van der Waals surface area contributed by atoms with Crippen LogP contribution in [0.3, 0.4) is 0 Å². The molecule has 7 heteroatoms. The van der Waals surface area contributed by atoms with Crippen molar-refractivity contribution in [3.63, 3.8) is 0 Å². The molecule has 1 N–H and O–H groups in total. The molecule has 2 aromatic rings. The Hall–Kier alpha value is -3.22. The largest absolute Gasteiger partial charge is 0.495 e. The van der Waals surface area contributed by atoms with Crippen molar-refractivity contribution in [1.29, 1.82) is 0 Å². The molecule has 0 aliphatic carbocycles. The molecule has 2 amide bonds. The van der Waals surface area contributed by atoms with Gasteiger partial charge < -0.3 is 24.6 Å². The Morgan fingerprint density at radius 1 is 1.13 bits per heavy atom. The number of carbonyl (C=O) groups is 2. The molecule has 0 saturated carbocycles. The minimum Gasteiger partial charge on any atom is -0.495 e. The maximum atomic E-state index is 13.1. The van der Waals surface area contributed by atoms with Gasteiger partial charge in [0.05, 0.1) is 31.6 Å². The van der Waals surface area contributed by atoms with Gasteiger partial charge >= 0.3 is 0 Å². The number of hydrogen-bond donors (Lipinski definition) is 1. The first-order valence-electron chi connectivity index (χ1n) is 10.8. The molecule has 1 saturated heterocycles. The minimum absolute atomic E-state index is 0.0000328. The molecule has 1 fully saturated rings. The number of piperidine rings is 1. The lowest BCUT2D eigenvalue weighted by atomic mass is 10.1. The molecule has 4 rings (SSSR count). The maximum Gasteiger partial charge on any atom is 0.265 e. The van der Waals surface area contributed by atoms with Crippen LogP contribution in [0.4, 0.5) is 11.4 Å². The zero-order valence-electron chi connectivity index (χ0n) is 18.1. The van der Waals surface area contributed by atoms with Gasteiger partial charge in [-0.2, -0.15) is 0 Å². The van der Waals surface area contributed by atoms with Gasteiger partial charge in [-0.15, -0.1) is 0 Å². The monoisotopic (exact) mass is 423 g/mol. The van der Waals surface area contributed by atoms with Gasteiger partial charge in [0.1, 0.15) is 11.5 Å². The number of aryl methyl sites for hydroxylation is 1. The minimum atomic E-state index is -0.616. The summed E-state index contributed by atoms with van der Waals surface area (Å²) in [5.74, 6) is 1.06. The van der Waals surface area contributed by atoms with Gasteiger partial charge in [-0.05, 0) is 56.0 Å². The smallest absolute Gasteiger partial charge is 0.265 e. The first-order valence-corrected chi connectivity index (χ1v) is 10.8. The summed E-state index contributed by atoms with van der Waals surface area (Å²) in [5.41, 5.74) is 2.48. The lowest BCUT2D eigenvalue weighted by molar-refractivity contribution is -0.139. The van der Waals surface area contributed by atoms with Gasteiger partial charge in [-0.25, -0.2) is 0 Å². The summed E-state index contributed by atoms with van der Waals surface area (Å²) in [7, 11) is 1.58. The number of carbonyl (C=O) groups excluding carboxylic acids is 2. The molecule has 31 heavy (non-hydrogen) atoms. The van der Waals surface area contributed by atoms with E-state index in [-0.39, 0.29) is 18.4 Å². The number of benzene rings is 2. The lowest BCUT2D eigenvalue weighted by Gasteiger charge is -2.38. The second kappa shape index (κ2) is 9.29. The van der Waals surface area contributed by atoms with Crippen LogP contribution < -0.4 is 19.7 Å². The molecule has 0 bridgehead atoms. The van der Waals surface area contributed by atoms with Crippen LogP contribution in [-0.2, 0) is 9.59 Å². The van der Waals surface area contributed by atoms with E-state index in [1.165, 1.54) is 0 Å². The summed E-state index contributed by atoms with van der Waals surface area (Å²) in [5, 5.41) is 2.95. The predicted molar refractivity (Wildman–Crippen MR) is 120 cm³/mol. The van der Waals surface area contributed by atoms with Crippen molar-refractivity contribution >= 4 is 23.2 Å². The number of amides is 2. The molecular weight excluding hydrogens is 394 g/mol. The first-order chi connectivity index (χ1) is 15.0. The topological polar surface area (TPSA) is 71.1 Å². The zero-order chi connectivity index (χ0) is 21.8. The highest BCUT2D eigenvalue weighted by molar-refractivity contribution is 5.96. The molecule has 0 spiro atoms. The molecular formula is C24H29N3O4. The average Bonchev–Trinajstić information content (AvgIpc) is 2.79. The summed E-state index contributed by atoms with van der Waals surface area (Å²) in [4.78, 5) is 29.8. The highest BCUT2D eigenvalue weighted by Crippen LogP contribution is 2.34. The number of rotatable bonds is 5.